The van der Waals surface area contributed by atoms with Crippen molar-refractivity contribution in [2.24, 2.45) is 0 Å². The summed E-state index contributed by atoms with van der Waals surface area (Å²) >= 11 is 5.80. The van der Waals surface area contributed by atoms with Crippen LogP contribution in [0.25, 0.3) is 5.69 Å². The molecule has 0 fully saturated rings. The fourth-order valence-electron chi connectivity index (χ4n) is 2.10. The van der Waals surface area contributed by atoms with Crippen LogP contribution in [0.5, 0.6) is 0 Å². The van der Waals surface area contributed by atoms with Crippen molar-refractivity contribution in [1.29, 1.82) is 0 Å². The number of aryl methyl sites for hydroxylation is 1. The van der Waals surface area contributed by atoms with Gasteiger partial charge in [0.2, 0.25) is 5.95 Å². The first-order valence-corrected chi connectivity index (χ1v) is 6.85. The van der Waals surface area contributed by atoms with E-state index < -0.39 is 5.82 Å². The van der Waals surface area contributed by atoms with Gasteiger partial charge < -0.3 is 5.32 Å². The first-order chi connectivity index (χ1) is 10.1. The van der Waals surface area contributed by atoms with Crippen LogP contribution in [0.2, 0.25) is 5.02 Å². The molecule has 1 heterocycles. The van der Waals surface area contributed by atoms with Gasteiger partial charge in [-0.25, -0.2) is 9.37 Å². The van der Waals surface area contributed by atoms with E-state index in [1.807, 2.05) is 37.3 Å². The third-order valence-electron chi connectivity index (χ3n) is 3.03. The Hall–Kier alpha value is -2.33. The Morgan fingerprint density at radius 3 is 2.62 bits per heavy atom. The molecule has 0 spiro atoms. The number of aromatic nitrogens is 2. The summed E-state index contributed by atoms with van der Waals surface area (Å²) in [6.45, 7) is 1.86. The average Bonchev–Trinajstić information content (AvgIpc) is 2.80. The van der Waals surface area contributed by atoms with Crippen molar-refractivity contribution >= 4 is 23.2 Å². The molecule has 0 saturated heterocycles. The molecule has 2 aromatic carbocycles. The zero-order valence-corrected chi connectivity index (χ0v) is 12.1. The van der Waals surface area contributed by atoms with Gasteiger partial charge in [0.15, 0.2) is 0 Å². The maximum atomic E-state index is 14.1. The van der Waals surface area contributed by atoms with Crippen molar-refractivity contribution in [3.05, 3.63) is 71.3 Å². The van der Waals surface area contributed by atoms with Crippen LogP contribution in [-0.2, 0) is 0 Å². The Morgan fingerprint density at radius 1 is 1.14 bits per heavy atom. The van der Waals surface area contributed by atoms with Crippen LogP contribution in [0.4, 0.5) is 16.0 Å². The van der Waals surface area contributed by atoms with E-state index in [1.54, 1.807) is 22.9 Å². The minimum Gasteiger partial charge on any atom is -0.325 e. The number of hydrogen-bond acceptors (Lipinski definition) is 2. The zero-order valence-electron chi connectivity index (χ0n) is 11.3. The van der Waals surface area contributed by atoms with Crippen molar-refractivity contribution in [2.45, 2.75) is 6.92 Å². The molecular weight excluding hydrogens is 289 g/mol. The van der Waals surface area contributed by atoms with Crippen LogP contribution in [0, 0.1) is 12.7 Å². The molecular formula is C16H13ClFN3. The van der Waals surface area contributed by atoms with Gasteiger partial charge in [0.25, 0.3) is 0 Å². The van der Waals surface area contributed by atoms with E-state index in [-0.39, 0.29) is 0 Å². The molecule has 1 aromatic heterocycles. The Kier molecular flexibility index (Phi) is 3.62. The monoisotopic (exact) mass is 301 g/mol. The van der Waals surface area contributed by atoms with E-state index in [0.29, 0.717) is 16.7 Å². The minimum absolute atomic E-state index is 0.366. The van der Waals surface area contributed by atoms with Crippen molar-refractivity contribution in [1.82, 2.24) is 9.55 Å². The Bertz CT molecular complexity index is 768. The van der Waals surface area contributed by atoms with Gasteiger partial charge in [-0.3, -0.25) is 4.57 Å². The highest BCUT2D eigenvalue weighted by Gasteiger charge is 2.12. The van der Waals surface area contributed by atoms with Gasteiger partial charge in [-0.1, -0.05) is 29.8 Å². The lowest BCUT2D eigenvalue weighted by Crippen LogP contribution is -2.02. The standard InChI is InChI=1S/C16H13ClFN3/c1-11-10-21(15-8-7-12(17)9-14(15)18)16(19-11)20-13-5-3-2-4-6-13/h2-10H,1H3,(H,19,20). The van der Waals surface area contributed by atoms with Crippen LogP contribution in [0.15, 0.2) is 54.7 Å². The highest BCUT2D eigenvalue weighted by molar-refractivity contribution is 6.30. The number of benzene rings is 2. The second kappa shape index (κ2) is 5.58. The van der Waals surface area contributed by atoms with E-state index >= 15 is 0 Å². The number of nitrogens with one attached hydrogen (secondary N) is 1. The number of para-hydroxylation sites is 1. The van der Waals surface area contributed by atoms with E-state index in [9.17, 15) is 4.39 Å². The molecule has 0 unspecified atom stereocenters. The Labute approximate surface area is 127 Å². The maximum Gasteiger partial charge on any atom is 0.212 e. The smallest absolute Gasteiger partial charge is 0.212 e. The molecule has 0 aliphatic carbocycles. The summed E-state index contributed by atoms with van der Waals surface area (Å²) in [4.78, 5) is 4.40. The molecule has 21 heavy (non-hydrogen) atoms. The SMILES string of the molecule is Cc1cn(-c2ccc(Cl)cc2F)c(Nc2ccccc2)n1. The fraction of sp³-hybridized carbons (Fsp3) is 0.0625. The van der Waals surface area contributed by atoms with Gasteiger partial charge in [-0.05, 0) is 37.3 Å². The molecule has 5 heteroatoms. The quantitative estimate of drug-likeness (QED) is 0.759. The molecule has 0 aliphatic heterocycles. The number of imidazole rings is 1. The lowest BCUT2D eigenvalue weighted by molar-refractivity contribution is 0.618. The molecule has 106 valence electrons. The van der Waals surface area contributed by atoms with E-state index in [2.05, 4.69) is 10.3 Å². The molecule has 3 aromatic rings. The summed E-state index contributed by atoms with van der Waals surface area (Å²) in [5, 5.41) is 3.55. The van der Waals surface area contributed by atoms with E-state index in [1.165, 1.54) is 6.07 Å². The summed E-state index contributed by atoms with van der Waals surface area (Å²) in [5.74, 6) is 0.163. The van der Waals surface area contributed by atoms with Crippen LogP contribution >= 0.6 is 11.6 Å². The van der Waals surface area contributed by atoms with Gasteiger partial charge in [-0.2, -0.15) is 0 Å². The summed E-state index contributed by atoms with van der Waals surface area (Å²) in [7, 11) is 0. The predicted octanol–water partition coefficient (Wildman–Crippen LogP) is 4.72. The average molecular weight is 302 g/mol. The molecule has 3 nitrogen and oxygen atoms in total. The Balaban J connectivity index is 2.03. The molecule has 0 amide bonds. The molecule has 1 N–H and O–H groups in total. The molecule has 0 saturated carbocycles. The van der Waals surface area contributed by atoms with Gasteiger partial charge in [-0.15, -0.1) is 0 Å². The zero-order chi connectivity index (χ0) is 14.8. The number of rotatable bonds is 3. The van der Waals surface area contributed by atoms with Crippen LogP contribution in [0.1, 0.15) is 5.69 Å². The van der Waals surface area contributed by atoms with Crippen LogP contribution in [0.3, 0.4) is 0 Å². The Morgan fingerprint density at radius 2 is 1.90 bits per heavy atom. The molecule has 0 aliphatic rings. The largest absolute Gasteiger partial charge is 0.325 e. The fourth-order valence-corrected chi connectivity index (χ4v) is 2.26. The van der Waals surface area contributed by atoms with Gasteiger partial charge in [0.1, 0.15) is 5.82 Å². The van der Waals surface area contributed by atoms with Crippen molar-refractivity contribution in [3.63, 3.8) is 0 Å². The second-order valence-corrected chi connectivity index (χ2v) is 5.10. The molecule has 0 atom stereocenters. The predicted molar refractivity (Wildman–Crippen MR) is 83.0 cm³/mol. The van der Waals surface area contributed by atoms with Crippen molar-refractivity contribution < 1.29 is 4.39 Å². The van der Waals surface area contributed by atoms with Crippen LogP contribution < -0.4 is 5.32 Å². The van der Waals surface area contributed by atoms with Crippen LogP contribution in [-0.4, -0.2) is 9.55 Å². The topological polar surface area (TPSA) is 29.9 Å². The van der Waals surface area contributed by atoms with E-state index in [4.69, 9.17) is 11.6 Å². The highest BCUT2D eigenvalue weighted by atomic mass is 35.5. The highest BCUT2D eigenvalue weighted by Crippen LogP contribution is 2.24. The maximum absolute atomic E-state index is 14.1. The number of hydrogen-bond donors (Lipinski definition) is 1. The number of nitrogens with zero attached hydrogens (tertiary/aromatic N) is 2. The molecule has 3 rings (SSSR count). The van der Waals surface area contributed by atoms with Crippen molar-refractivity contribution in [2.75, 3.05) is 5.32 Å². The summed E-state index contributed by atoms with van der Waals surface area (Å²) < 4.78 is 15.8. The summed E-state index contributed by atoms with van der Waals surface area (Å²) in [5.41, 5.74) is 2.08. The number of halogens is 2. The van der Waals surface area contributed by atoms with Gasteiger partial charge in [0, 0.05) is 16.9 Å². The molecule has 0 radical (unpaired) electrons. The van der Waals surface area contributed by atoms with Crippen molar-refractivity contribution in [3.8, 4) is 5.69 Å². The lowest BCUT2D eigenvalue weighted by Gasteiger charge is -2.10. The third kappa shape index (κ3) is 2.90. The lowest BCUT2D eigenvalue weighted by atomic mass is 10.3. The van der Waals surface area contributed by atoms with Gasteiger partial charge in [0.05, 0.1) is 11.4 Å². The third-order valence-corrected chi connectivity index (χ3v) is 3.26. The summed E-state index contributed by atoms with van der Waals surface area (Å²) in [6, 6.07) is 14.2. The molecule has 0 bridgehead atoms. The van der Waals surface area contributed by atoms with E-state index in [0.717, 1.165) is 11.4 Å². The number of anilines is 2. The minimum atomic E-state index is -0.393. The van der Waals surface area contributed by atoms with Gasteiger partial charge >= 0.3 is 0 Å². The summed E-state index contributed by atoms with van der Waals surface area (Å²) in [6.07, 6.45) is 1.78. The first-order valence-electron chi connectivity index (χ1n) is 6.47. The first kappa shape index (κ1) is 13.6. The normalized spacial score (nSPS) is 10.6. The second-order valence-electron chi connectivity index (χ2n) is 4.66.